The van der Waals surface area contributed by atoms with Crippen LogP contribution in [0.25, 0.3) is 0 Å². The van der Waals surface area contributed by atoms with Gasteiger partial charge in [0.05, 0.1) is 6.04 Å². The lowest BCUT2D eigenvalue weighted by molar-refractivity contribution is 0.507. The molecule has 21 heavy (non-hydrogen) atoms. The van der Waals surface area contributed by atoms with Crippen LogP contribution >= 0.6 is 0 Å². The molecule has 0 fully saturated rings. The third kappa shape index (κ3) is 4.98. The Morgan fingerprint density at radius 3 is 2.14 bits per heavy atom. The first kappa shape index (κ1) is 15.7. The SMILES string of the molecule is CC(C)CCCNC(c1ccccc1)c1ccc(F)cc1. The first-order valence-corrected chi connectivity index (χ1v) is 7.70. The van der Waals surface area contributed by atoms with Gasteiger partial charge in [-0.3, -0.25) is 0 Å². The zero-order valence-electron chi connectivity index (χ0n) is 12.9. The van der Waals surface area contributed by atoms with Crippen molar-refractivity contribution in [2.75, 3.05) is 6.54 Å². The molecule has 0 aromatic heterocycles. The lowest BCUT2D eigenvalue weighted by Gasteiger charge is -2.20. The molecular formula is C19H24FN. The van der Waals surface area contributed by atoms with Crippen LogP contribution < -0.4 is 5.32 Å². The van der Waals surface area contributed by atoms with E-state index >= 15 is 0 Å². The number of benzene rings is 2. The third-order valence-corrected chi connectivity index (χ3v) is 3.64. The molecule has 0 aliphatic rings. The number of hydrogen-bond donors (Lipinski definition) is 1. The summed E-state index contributed by atoms with van der Waals surface area (Å²) in [7, 11) is 0. The molecule has 2 heteroatoms. The molecule has 0 saturated carbocycles. The first-order valence-electron chi connectivity index (χ1n) is 7.70. The fourth-order valence-corrected chi connectivity index (χ4v) is 2.49. The molecule has 1 N–H and O–H groups in total. The second-order valence-corrected chi connectivity index (χ2v) is 5.89. The van der Waals surface area contributed by atoms with Crippen molar-refractivity contribution in [2.45, 2.75) is 32.7 Å². The summed E-state index contributed by atoms with van der Waals surface area (Å²) in [5, 5.41) is 3.60. The van der Waals surface area contributed by atoms with Crippen molar-refractivity contribution in [3.05, 3.63) is 71.5 Å². The lowest BCUT2D eigenvalue weighted by Crippen LogP contribution is -2.23. The summed E-state index contributed by atoms with van der Waals surface area (Å²) in [5.41, 5.74) is 2.32. The van der Waals surface area contributed by atoms with Crippen molar-refractivity contribution in [2.24, 2.45) is 5.92 Å². The van der Waals surface area contributed by atoms with E-state index in [9.17, 15) is 4.39 Å². The van der Waals surface area contributed by atoms with Crippen LogP contribution in [0.15, 0.2) is 54.6 Å². The van der Waals surface area contributed by atoms with Crippen molar-refractivity contribution >= 4 is 0 Å². The minimum atomic E-state index is -0.189. The molecule has 2 aromatic rings. The van der Waals surface area contributed by atoms with Crippen LogP contribution in [0.1, 0.15) is 43.9 Å². The molecule has 0 radical (unpaired) electrons. The van der Waals surface area contributed by atoms with Gasteiger partial charge in [-0.25, -0.2) is 4.39 Å². The second-order valence-electron chi connectivity index (χ2n) is 5.89. The molecule has 112 valence electrons. The summed E-state index contributed by atoms with van der Waals surface area (Å²) in [4.78, 5) is 0. The molecule has 1 unspecified atom stereocenters. The number of nitrogens with one attached hydrogen (secondary N) is 1. The number of halogens is 1. The Morgan fingerprint density at radius 2 is 1.52 bits per heavy atom. The van der Waals surface area contributed by atoms with Gasteiger partial charge in [0.15, 0.2) is 0 Å². The number of rotatable bonds is 7. The van der Waals surface area contributed by atoms with Gasteiger partial charge < -0.3 is 5.32 Å². The van der Waals surface area contributed by atoms with Crippen molar-refractivity contribution in [1.82, 2.24) is 5.32 Å². The Balaban J connectivity index is 2.09. The predicted octanol–water partition coefficient (Wildman–Crippen LogP) is 4.94. The molecule has 0 heterocycles. The average molecular weight is 285 g/mol. The Morgan fingerprint density at radius 1 is 0.905 bits per heavy atom. The van der Waals surface area contributed by atoms with Crippen LogP contribution in [-0.2, 0) is 0 Å². The van der Waals surface area contributed by atoms with E-state index in [1.54, 1.807) is 0 Å². The largest absolute Gasteiger partial charge is 0.306 e. The third-order valence-electron chi connectivity index (χ3n) is 3.64. The Labute approximate surface area is 127 Å². The summed E-state index contributed by atoms with van der Waals surface area (Å²) in [6, 6.07) is 17.2. The van der Waals surface area contributed by atoms with Crippen molar-refractivity contribution in [3.63, 3.8) is 0 Å². The van der Waals surface area contributed by atoms with Gasteiger partial charge in [0, 0.05) is 0 Å². The summed E-state index contributed by atoms with van der Waals surface area (Å²) in [6.45, 7) is 5.46. The van der Waals surface area contributed by atoms with Crippen molar-refractivity contribution in [3.8, 4) is 0 Å². The zero-order chi connectivity index (χ0) is 15.1. The van der Waals surface area contributed by atoms with Crippen LogP contribution in [0, 0.1) is 11.7 Å². The maximum absolute atomic E-state index is 13.1. The summed E-state index contributed by atoms with van der Waals surface area (Å²) in [5.74, 6) is 0.540. The van der Waals surface area contributed by atoms with Crippen LogP contribution in [0.5, 0.6) is 0 Å². The van der Waals surface area contributed by atoms with E-state index in [1.807, 2.05) is 30.3 Å². The first-order chi connectivity index (χ1) is 10.2. The molecule has 0 bridgehead atoms. The van der Waals surface area contributed by atoms with Crippen LogP contribution in [0.3, 0.4) is 0 Å². The van der Waals surface area contributed by atoms with E-state index in [0.29, 0.717) is 0 Å². The minimum absolute atomic E-state index is 0.124. The topological polar surface area (TPSA) is 12.0 Å². The van der Waals surface area contributed by atoms with Crippen molar-refractivity contribution < 1.29 is 4.39 Å². The highest BCUT2D eigenvalue weighted by atomic mass is 19.1. The van der Waals surface area contributed by atoms with Gasteiger partial charge in [-0.1, -0.05) is 56.3 Å². The molecule has 1 nitrogen and oxygen atoms in total. The highest BCUT2D eigenvalue weighted by Gasteiger charge is 2.13. The van der Waals surface area contributed by atoms with Gasteiger partial charge in [-0.15, -0.1) is 0 Å². The maximum atomic E-state index is 13.1. The van der Waals surface area contributed by atoms with E-state index in [1.165, 1.54) is 24.1 Å². The number of hydrogen-bond acceptors (Lipinski definition) is 1. The van der Waals surface area contributed by atoms with E-state index in [2.05, 4.69) is 31.3 Å². The van der Waals surface area contributed by atoms with Crippen LogP contribution in [0.2, 0.25) is 0 Å². The monoisotopic (exact) mass is 285 g/mol. The summed E-state index contributed by atoms with van der Waals surface area (Å²) < 4.78 is 13.1. The van der Waals surface area contributed by atoms with Gasteiger partial charge in [-0.2, -0.15) is 0 Å². The minimum Gasteiger partial charge on any atom is -0.306 e. The average Bonchev–Trinajstić information content (AvgIpc) is 2.49. The molecule has 0 saturated heterocycles. The van der Waals surface area contributed by atoms with Crippen LogP contribution in [-0.4, -0.2) is 6.54 Å². The highest BCUT2D eigenvalue weighted by Crippen LogP contribution is 2.22. The molecule has 1 atom stereocenters. The van der Waals surface area contributed by atoms with Gasteiger partial charge in [0.1, 0.15) is 5.82 Å². The van der Waals surface area contributed by atoms with Crippen LogP contribution in [0.4, 0.5) is 4.39 Å². The highest BCUT2D eigenvalue weighted by molar-refractivity contribution is 5.31. The van der Waals surface area contributed by atoms with Crippen molar-refractivity contribution in [1.29, 1.82) is 0 Å². The molecule has 0 aliphatic carbocycles. The lowest BCUT2D eigenvalue weighted by atomic mass is 9.98. The fraction of sp³-hybridized carbons (Fsp3) is 0.368. The fourth-order valence-electron chi connectivity index (χ4n) is 2.49. The standard InChI is InChI=1S/C19H24FN/c1-15(2)7-6-14-21-19(16-8-4-3-5-9-16)17-10-12-18(20)13-11-17/h3-5,8-13,15,19,21H,6-7,14H2,1-2H3. The van der Waals surface area contributed by atoms with E-state index < -0.39 is 0 Å². The predicted molar refractivity (Wildman–Crippen MR) is 86.8 cm³/mol. The van der Waals surface area contributed by atoms with Gasteiger partial charge >= 0.3 is 0 Å². The van der Waals surface area contributed by atoms with E-state index in [0.717, 1.165) is 24.4 Å². The van der Waals surface area contributed by atoms with Gasteiger partial charge in [0.2, 0.25) is 0 Å². The second kappa shape index (κ2) is 7.94. The maximum Gasteiger partial charge on any atom is 0.123 e. The smallest absolute Gasteiger partial charge is 0.123 e. The molecule has 2 rings (SSSR count). The summed E-state index contributed by atoms with van der Waals surface area (Å²) in [6.07, 6.45) is 2.38. The Hall–Kier alpha value is -1.67. The normalized spacial score (nSPS) is 12.6. The van der Waals surface area contributed by atoms with Gasteiger partial charge in [-0.05, 0) is 48.6 Å². The Kier molecular flexibility index (Phi) is 5.94. The molecule has 0 spiro atoms. The summed E-state index contributed by atoms with van der Waals surface area (Å²) >= 11 is 0. The van der Waals surface area contributed by atoms with E-state index in [-0.39, 0.29) is 11.9 Å². The van der Waals surface area contributed by atoms with E-state index in [4.69, 9.17) is 0 Å². The molecular weight excluding hydrogens is 261 g/mol. The Bertz CT molecular complexity index is 519. The zero-order valence-corrected chi connectivity index (χ0v) is 12.9. The molecule has 0 amide bonds. The van der Waals surface area contributed by atoms with Gasteiger partial charge in [0.25, 0.3) is 0 Å². The molecule has 0 aliphatic heterocycles. The molecule has 2 aromatic carbocycles. The quantitative estimate of drug-likeness (QED) is 0.710.